The van der Waals surface area contributed by atoms with Crippen molar-refractivity contribution in [3.63, 3.8) is 0 Å². The van der Waals surface area contributed by atoms with Crippen molar-refractivity contribution < 1.29 is 9.53 Å². The molecule has 2 aromatic rings. The van der Waals surface area contributed by atoms with Gasteiger partial charge in [0.1, 0.15) is 11.5 Å². The number of halogens is 1. The van der Waals surface area contributed by atoms with Gasteiger partial charge in [0, 0.05) is 31.9 Å². The van der Waals surface area contributed by atoms with Crippen LogP contribution in [0.2, 0.25) is 0 Å². The van der Waals surface area contributed by atoms with Gasteiger partial charge in [-0.1, -0.05) is 18.2 Å². The molecule has 0 bridgehead atoms. The second kappa shape index (κ2) is 9.27. The van der Waals surface area contributed by atoms with Crippen molar-refractivity contribution in [2.75, 3.05) is 38.0 Å². The number of hydrogen-bond donors (Lipinski definition) is 2. The fraction of sp³-hybridized carbons (Fsp3) is 0.278. The summed E-state index contributed by atoms with van der Waals surface area (Å²) >= 11 is 0. The van der Waals surface area contributed by atoms with Crippen LogP contribution in [0.4, 0.5) is 5.69 Å². The van der Waals surface area contributed by atoms with E-state index < -0.39 is 0 Å². The predicted molar refractivity (Wildman–Crippen MR) is 98.1 cm³/mol. The van der Waals surface area contributed by atoms with Crippen LogP contribution >= 0.6 is 12.4 Å². The summed E-state index contributed by atoms with van der Waals surface area (Å²) in [6, 6.07) is 17.0. The van der Waals surface area contributed by atoms with Crippen LogP contribution in [0.5, 0.6) is 11.5 Å². The SMILES string of the molecule is Cl.O=C(CN1CCNCC1)Nc1ccc(Oc2ccccc2)cc1. The van der Waals surface area contributed by atoms with Gasteiger partial charge in [-0.25, -0.2) is 0 Å². The average molecular weight is 348 g/mol. The van der Waals surface area contributed by atoms with Crippen LogP contribution in [0.15, 0.2) is 54.6 Å². The van der Waals surface area contributed by atoms with Crippen molar-refractivity contribution >= 4 is 24.0 Å². The van der Waals surface area contributed by atoms with E-state index in [4.69, 9.17) is 4.74 Å². The number of amides is 1. The molecule has 5 nitrogen and oxygen atoms in total. The zero-order valence-electron chi connectivity index (χ0n) is 13.4. The fourth-order valence-corrected chi connectivity index (χ4v) is 2.50. The van der Waals surface area contributed by atoms with E-state index in [0.29, 0.717) is 6.54 Å². The van der Waals surface area contributed by atoms with Crippen LogP contribution in [0.1, 0.15) is 0 Å². The maximum atomic E-state index is 12.1. The van der Waals surface area contributed by atoms with Gasteiger partial charge in [0.25, 0.3) is 0 Å². The molecular weight excluding hydrogens is 326 g/mol. The van der Waals surface area contributed by atoms with E-state index in [1.165, 1.54) is 0 Å². The highest BCUT2D eigenvalue weighted by atomic mass is 35.5. The van der Waals surface area contributed by atoms with E-state index in [1.807, 2.05) is 54.6 Å². The first-order chi connectivity index (χ1) is 11.3. The fourth-order valence-electron chi connectivity index (χ4n) is 2.50. The van der Waals surface area contributed by atoms with Gasteiger partial charge < -0.3 is 15.4 Å². The molecule has 0 radical (unpaired) electrons. The number of benzene rings is 2. The zero-order valence-corrected chi connectivity index (χ0v) is 14.2. The molecule has 1 amide bonds. The molecule has 24 heavy (non-hydrogen) atoms. The van der Waals surface area contributed by atoms with Crippen molar-refractivity contribution in [1.82, 2.24) is 10.2 Å². The predicted octanol–water partition coefficient (Wildman–Crippen LogP) is 2.74. The van der Waals surface area contributed by atoms with Crippen LogP contribution in [-0.2, 0) is 4.79 Å². The third-order valence-electron chi connectivity index (χ3n) is 3.69. The van der Waals surface area contributed by atoms with E-state index in [-0.39, 0.29) is 18.3 Å². The van der Waals surface area contributed by atoms with Gasteiger partial charge >= 0.3 is 0 Å². The van der Waals surface area contributed by atoms with Crippen molar-refractivity contribution in [3.05, 3.63) is 54.6 Å². The smallest absolute Gasteiger partial charge is 0.238 e. The number of piperazine rings is 1. The molecule has 6 heteroatoms. The molecule has 0 aromatic heterocycles. The monoisotopic (exact) mass is 347 g/mol. The number of nitrogens with one attached hydrogen (secondary N) is 2. The molecule has 0 aliphatic carbocycles. The molecule has 1 aliphatic heterocycles. The summed E-state index contributed by atoms with van der Waals surface area (Å²) in [6.07, 6.45) is 0. The molecular formula is C18H22ClN3O2. The number of rotatable bonds is 5. The lowest BCUT2D eigenvalue weighted by Gasteiger charge is -2.26. The minimum absolute atomic E-state index is 0. The summed E-state index contributed by atoms with van der Waals surface area (Å²) in [7, 11) is 0. The van der Waals surface area contributed by atoms with E-state index >= 15 is 0 Å². The lowest BCUT2D eigenvalue weighted by atomic mass is 10.3. The Bertz CT molecular complexity index is 628. The lowest BCUT2D eigenvalue weighted by Crippen LogP contribution is -2.46. The van der Waals surface area contributed by atoms with Crippen LogP contribution in [0.3, 0.4) is 0 Å². The van der Waals surface area contributed by atoms with Crippen LogP contribution in [0.25, 0.3) is 0 Å². The Balaban J connectivity index is 0.00000208. The van der Waals surface area contributed by atoms with Crippen molar-refractivity contribution in [2.24, 2.45) is 0 Å². The highest BCUT2D eigenvalue weighted by molar-refractivity contribution is 5.92. The Labute approximate surface area is 148 Å². The molecule has 1 fully saturated rings. The Morgan fingerprint density at radius 3 is 2.29 bits per heavy atom. The van der Waals surface area contributed by atoms with Crippen LogP contribution < -0.4 is 15.4 Å². The second-order valence-corrected chi connectivity index (χ2v) is 5.51. The summed E-state index contributed by atoms with van der Waals surface area (Å²) in [5, 5.41) is 6.20. The number of nitrogens with zero attached hydrogens (tertiary/aromatic N) is 1. The normalized spacial score (nSPS) is 14.5. The lowest BCUT2D eigenvalue weighted by molar-refractivity contribution is -0.117. The molecule has 1 saturated heterocycles. The largest absolute Gasteiger partial charge is 0.457 e. The first-order valence-electron chi connectivity index (χ1n) is 7.85. The van der Waals surface area contributed by atoms with Crippen LogP contribution in [-0.4, -0.2) is 43.5 Å². The van der Waals surface area contributed by atoms with Gasteiger partial charge in [-0.05, 0) is 36.4 Å². The van der Waals surface area contributed by atoms with Gasteiger partial charge in [0.15, 0.2) is 0 Å². The van der Waals surface area contributed by atoms with Gasteiger partial charge in [-0.3, -0.25) is 9.69 Å². The third kappa shape index (κ3) is 5.53. The maximum absolute atomic E-state index is 12.1. The second-order valence-electron chi connectivity index (χ2n) is 5.51. The minimum Gasteiger partial charge on any atom is -0.457 e. The molecule has 3 rings (SSSR count). The standard InChI is InChI=1S/C18H21N3O2.ClH/c22-18(14-21-12-10-19-11-13-21)20-15-6-8-17(9-7-15)23-16-4-2-1-3-5-16;/h1-9,19H,10-14H2,(H,20,22);1H. The van der Waals surface area contributed by atoms with Crippen LogP contribution in [0, 0.1) is 0 Å². The number of carbonyl (C=O) groups excluding carboxylic acids is 1. The van der Waals surface area contributed by atoms with E-state index in [0.717, 1.165) is 43.4 Å². The molecule has 0 atom stereocenters. The molecule has 0 saturated carbocycles. The molecule has 0 unspecified atom stereocenters. The van der Waals surface area contributed by atoms with Gasteiger partial charge in [0.05, 0.1) is 6.54 Å². The zero-order chi connectivity index (χ0) is 15.9. The maximum Gasteiger partial charge on any atom is 0.238 e. The number of carbonyl (C=O) groups is 1. The van der Waals surface area contributed by atoms with Crippen molar-refractivity contribution in [3.8, 4) is 11.5 Å². The van der Waals surface area contributed by atoms with E-state index in [2.05, 4.69) is 15.5 Å². The summed E-state index contributed by atoms with van der Waals surface area (Å²) in [6.45, 7) is 4.15. The van der Waals surface area contributed by atoms with Gasteiger partial charge in [0.2, 0.25) is 5.91 Å². The Hall–Kier alpha value is -2.08. The van der Waals surface area contributed by atoms with Crippen molar-refractivity contribution in [1.29, 1.82) is 0 Å². The summed E-state index contributed by atoms with van der Waals surface area (Å²) in [5.74, 6) is 1.56. The highest BCUT2D eigenvalue weighted by Crippen LogP contribution is 2.22. The topological polar surface area (TPSA) is 53.6 Å². The molecule has 2 N–H and O–H groups in total. The first kappa shape index (κ1) is 18.3. The van der Waals surface area contributed by atoms with Gasteiger partial charge in [-0.2, -0.15) is 0 Å². The molecule has 2 aromatic carbocycles. The third-order valence-corrected chi connectivity index (χ3v) is 3.69. The Kier molecular flexibility index (Phi) is 7.06. The summed E-state index contributed by atoms with van der Waals surface area (Å²) in [4.78, 5) is 14.2. The quantitative estimate of drug-likeness (QED) is 0.873. The molecule has 1 aliphatic rings. The van der Waals surface area contributed by atoms with Crippen molar-refractivity contribution in [2.45, 2.75) is 0 Å². The summed E-state index contributed by atoms with van der Waals surface area (Å²) in [5.41, 5.74) is 0.783. The number of ether oxygens (including phenoxy) is 1. The highest BCUT2D eigenvalue weighted by Gasteiger charge is 2.13. The van der Waals surface area contributed by atoms with E-state index in [9.17, 15) is 4.79 Å². The Morgan fingerprint density at radius 1 is 1.00 bits per heavy atom. The molecule has 128 valence electrons. The average Bonchev–Trinajstić information content (AvgIpc) is 2.58. The number of hydrogen-bond acceptors (Lipinski definition) is 4. The number of para-hydroxylation sites is 1. The summed E-state index contributed by atoms with van der Waals surface area (Å²) < 4.78 is 5.73. The number of anilines is 1. The first-order valence-corrected chi connectivity index (χ1v) is 7.85. The van der Waals surface area contributed by atoms with E-state index in [1.54, 1.807) is 0 Å². The molecule has 1 heterocycles. The Morgan fingerprint density at radius 2 is 1.62 bits per heavy atom. The minimum atomic E-state index is 0. The van der Waals surface area contributed by atoms with Gasteiger partial charge in [-0.15, -0.1) is 12.4 Å². The molecule has 0 spiro atoms.